The first-order valence-electron chi connectivity index (χ1n) is 6.51. The van der Waals surface area contributed by atoms with E-state index in [0.717, 1.165) is 6.42 Å². The molecule has 0 aliphatic carbocycles. The second kappa shape index (κ2) is 6.10. The number of hydrogen-bond donors (Lipinski definition) is 1. The van der Waals surface area contributed by atoms with Gasteiger partial charge >= 0.3 is 0 Å². The van der Waals surface area contributed by atoms with Crippen molar-refractivity contribution in [1.29, 1.82) is 0 Å². The number of benzene rings is 1. The normalized spacial score (nSPS) is 16.7. The Morgan fingerprint density at radius 3 is 2.85 bits per heavy atom. The molecule has 1 aromatic carbocycles. The Hall–Kier alpha value is -1.14. The van der Waals surface area contributed by atoms with Crippen molar-refractivity contribution < 1.29 is 19.0 Å². The average molecular weight is 346 g/mol. The van der Waals surface area contributed by atoms with E-state index in [4.69, 9.17) is 4.74 Å². The summed E-state index contributed by atoms with van der Waals surface area (Å²) < 4.78 is 18.7. The minimum atomic E-state index is -0.735. The predicted octanol–water partition coefficient (Wildman–Crippen LogP) is 2.34. The van der Waals surface area contributed by atoms with Gasteiger partial charge in [-0.25, -0.2) is 4.39 Å². The number of hydrogen-bond acceptors (Lipinski definition) is 3. The Morgan fingerprint density at radius 2 is 2.25 bits per heavy atom. The maximum Gasteiger partial charge on any atom is 0.260 e. The minimum absolute atomic E-state index is 0.119. The van der Waals surface area contributed by atoms with E-state index in [1.807, 2.05) is 6.92 Å². The number of aliphatic hydroxyl groups is 1. The second-order valence-corrected chi connectivity index (χ2v) is 5.94. The maximum atomic E-state index is 12.9. The van der Waals surface area contributed by atoms with Crippen molar-refractivity contribution in [2.24, 2.45) is 0 Å². The fourth-order valence-corrected chi connectivity index (χ4v) is 2.75. The fourth-order valence-electron chi connectivity index (χ4n) is 2.29. The van der Waals surface area contributed by atoms with Gasteiger partial charge in [-0.2, -0.15) is 0 Å². The Bertz CT molecular complexity index is 503. The highest BCUT2D eigenvalue weighted by Gasteiger charge is 2.42. The molecular weight excluding hydrogens is 329 g/mol. The van der Waals surface area contributed by atoms with Crippen LogP contribution in [0.2, 0.25) is 0 Å². The van der Waals surface area contributed by atoms with E-state index in [2.05, 4.69) is 15.9 Å². The van der Waals surface area contributed by atoms with E-state index in [0.29, 0.717) is 29.7 Å². The molecule has 0 bridgehead atoms. The summed E-state index contributed by atoms with van der Waals surface area (Å²) in [6, 6.07) is 4.02. The number of β-amino-alcohol motifs (C(OH)–C–C–N with tert-alkyl or cyclic N) is 1. The summed E-state index contributed by atoms with van der Waals surface area (Å²) in [4.78, 5) is 13.4. The molecule has 2 rings (SSSR count). The Labute approximate surface area is 125 Å². The molecule has 1 fully saturated rings. The van der Waals surface area contributed by atoms with E-state index in [1.165, 1.54) is 18.2 Å². The highest BCUT2D eigenvalue weighted by atomic mass is 79.9. The van der Waals surface area contributed by atoms with Crippen LogP contribution in [0, 0.1) is 5.82 Å². The standard InChI is InChI=1S/C14H17BrFNO3/c1-2-5-14(19)8-17(9-14)13(18)7-20-12-4-3-10(16)6-11(12)15/h3-4,6,19H,2,5,7-9H2,1H3. The van der Waals surface area contributed by atoms with Crippen molar-refractivity contribution in [3.05, 3.63) is 28.5 Å². The van der Waals surface area contributed by atoms with Gasteiger partial charge in [0.1, 0.15) is 11.6 Å². The Kier molecular flexibility index (Phi) is 4.65. The van der Waals surface area contributed by atoms with E-state index < -0.39 is 5.60 Å². The highest BCUT2D eigenvalue weighted by molar-refractivity contribution is 9.10. The summed E-state index contributed by atoms with van der Waals surface area (Å²) in [5.74, 6) is -0.131. The van der Waals surface area contributed by atoms with Crippen LogP contribution in [0.1, 0.15) is 19.8 Å². The quantitative estimate of drug-likeness (QED) is 0.890. The molecule has 1 aromatic rings. The zero-order valence-corrected chi connectivity index (χ0v) is 12.8. The molecule has 1 heterocycles. The van der Waals surface area contributed by atoms with Gasteiger partial charge < -0.3 is 14.7 Å². The molecule has 1 saturated heterocycles. The molecule has 0 unspecified atom stereocenters. The van der Waals surface area contributed by atoms with Crippen LogP contribution in [0.25, 0.3) is 0 Å². The van der Waals surface area contributed by atoms with Crippen molar-refractivity contribution >= 4 is 21.8 Å². The number of ether oxygens (including phenoxy) is 1. The first-order chi connectivity index (χ1) is 9.43. The van der Waals surface area contributed by atoms with Gasteiger partial charge in [0.2, 0.25) is 0 Å². The van der Waals surface area contributed by atoms with Crippen LogP contribution in [0.15, 0.2) is 22.7 Å². The molecular formula is C14H17BrFNO3. The van der Waals surface area contributed by atoms with Crippen LogP contribution in [0.3, 0.4) is 0 Å². The molecule has 0 radical (unpaired) electrons. The number of likely N-dealkylation sites (tertiary alicyclic amines) is 1. The number of carbonyl (C=O) groups is 1. The predicted molar refractivity (Wildman–Crippen MR) is 76.0 cm³/mol. The second-order valence-electron chi connectivity index (χ2n) is 5.09. The topological polar surface area (TPSA) is 49.8 Å². The largest absolute Gasteiger partial charge is 0.483 e. The SMILES string of the molecule is CCCC1(O)CN(C(=O)COc2ccc(F)cc2Br)C1. The summed E-state index contributed by atoms with van der Waals surface area (Å²) in [5, 5.41) is 10.0. The van der Waals surface area contributed by atoms with Crippen molar-refractivity contribution in [3.8, 4) is 5.75 Å². The van der Waals surface area contributed by atoms with Crippen LogP contribution in [0.4, 0.5) is 4.39 Å². The van der Waals surface area contributed by atoms with Crippen molar-refractivity contribution in [1.82, 2.24) is 4.90 Å². The minimum Gasteiger partial charge on any atom is -0.483 e. The molecule has 110 valence electrons. The molecule has 1 N–H and O–H groups in total. The number of nitrogens with zero attached hydrogens (tertiary/aromatic N) is 1. The Balaban J connectivity index is 1.82. The first-order valence-corrected chi connectivity index (χ1v) is 7.31. The summed E-state index contributed by atoms with van der Waals surface area (Å²) in [7, 11) is 0. The van der Waals surface area contributed by atoms with E-state index >= 15 is 0 Å². The number of carbonyl (C=O) groups excluding carboxylic acids is 1. The zero-order chi connectivity index (χ0) is 14.8. The van der Waals surface area contributed by atoms with Crippen LogP contribution >= 0.6 is 15.9 Å². The summed E-state index contributed by atoms with van der Waals surface area (Å²) >= 11 is 3.17. The van der Waals surface area contributed by atoms with Crippen LogP contribution in [-0.4, -0.2) is 41.2 Å². The van der Waals surface area contributed by atoms with Crippen LogP contribution in [0.5, 0.6) is 5.75 Å². The lowest BCUT2D eigenvalue weighted by Crippen LogP contribution is -2.64. The fraction of sp³-hybridized carbons (Fsp3) is 0.500. The van der Waals surface area contributed by atoms with Gasteiger partial charge in [0, 0.05) is 0 Å². The molecule has 1 aliphatic heterocycles. The number of amides is 1. The third kappa shape index (κ3) is 3.49. The van der Waals surface area contributed by atoms with Crippen molar-refractivity contribution in [2.75, 3.05) is 19.7 Å². The van der Waals surface area contributed by atoms with Gasteiger partial charge in [0.25, 0.3) is 5.91 Å². The number of halogens is 2. The van der Waals surface area contributed by atoms with Gasteiger partial charge in [0.15, 0.2) is 6.61 Å². The molecule has 0 aromatic heterocycles. The van der Waals surface area contributed by atoms with Crippen LogP contribution in [-0.2, 0) is 4.79 Å². The van der Waals surface area contributed by atoms with E-state index in [1.54, 1.807) is 4.90 Å². The molecule has 0 atom stereocenters. The first kappa shape index (κ1) is 15.3. The van der Waals surface area contributed by atoms with Crippen molar-refractivity contribution in [2.45, 2.75) is 25.4 Å². The molecule has 6 heteroatoms. The molecule has 20 heavy (non-hydrogen) atoms. The molecule has 0 saturated carbocycles. The third-order valence-electron chi connectivity index (χ3n) is 3.28. The Morgan fingerprint density at radius 1 is 1.55 bits per heavy atom. The van der Waals surface area contributed by atoms with E-state index in [-0.39, 0.29) is 18.3 Å². The van der Waals surface area contributed by atoms with Gasteiger partial charge in [-0.1, -0.05) is 13.3 Å². The van der Waals surface area contributed by atoms with Gasteiger partial charge in [0.05, 0.1) is 23.2 Å². The lowest BCUT2D eigenvalue weighted by molar-refractivity contribution is -0.158. The summed E-state index contributed by atoms with van der Waals surface area (Å²) in [6.45, 7) is 2.59. The third-order valence-corrected chi connectivity index (χ3v) is 3.90. The maximum absolute atomic E-state index is 12.9. The molecule has 4 nitrogen and oxygen atoms in total. The zero-order valence-electron chi connectivity index (χ0n) is 11.2. The van der Waals surface area contributed by atoms with Gasteiger partial charge in [-0.15, -0.1) is 0 Å². The number of rotatable bonds is 5. The van der Waals surface area contributed by atoms with Crippen LogP contribution < -0.4 is 4.74 Å². The van der Waals surface area contributed by atoms with Gasteiger partial charge in [-0.05, 0) is 40.5 Å². The lowest BCUT2D eigenvalue weighted by Gasteiger charge is -2.46. The van der Waals surface area contributed by atoms with Crippen molar-refractivity contribution in [3.63, 3.8) is 0 Å². The lowest BCUT2D eigenvalue weighted by atomic mass is 9.89. The molecule has 1 aliphatic rings. The van der Waals surface area contributed by atoms with E-state index in [9.17, 15) is 14.3 Å². The highest BCUT2D eigenvalue weighted by Crippen LogP contribution is 2.27. The molecule has 0 spiro atoms. The summed E-state index contributed by atoms with van der Waals surface area (Å²) in [5.41, 5.74) is -0.735. The summed E-state index contributed by atoms with van der Waals surface area (Å²) in [6.07, 6.45) is 1.58. The van der Waals surface area contributed by atoms with Gasteiger partial charge in [-0.3, -0.25) is 4.79 Å². The average Bonchev–Trinajstić information content (AvgIpc) is 2.34. The smallest absolute Gasteiger partial charge is 0.260 e. The monoisotopic (exact) mass is 345 g/mol. The molecule has 1 amide bonds.